The number of aryl methyl sites for hydroxylation is 1. The summed E-state index contributed by atoms with van der Waals surface area (Å²) in [7, 11) is 1.65. The van der Waals surface area contributed by atoms with Gasteiger partial charge in [-0.2, -0.15) is 0 Å². The van der Waals surface area contributed by atoms with Gasteiger partial charge in [0.05, 0.1) is 13.7 Å². The fraction of sp³-hybridized carbons (Fsp3) is 0.400. The summed E-state index contributed by atoms with van der Waals surface area (Å²) >= 11 is 0. The zero-order chi connectivity index (χ0) is 13.4. The topological polar surface area (TPSA) is 35.5 Å². The van der Waals surface area contributed by atoms with Gasteiger partial charge in [0, 0.05) is 5.57 Å². The SMILES string of the molecule is CCOC(=O)/C(C)=C/CCc1ccc(OC)cc1. The van der Waals surface area contributed by atoms with Crippen LogP contribution in [0.5, 0.6) is 5.75 Å². The minimum absolute atomic E-state index is 0.229. The molecule has 3 heteroatoms. The first-order valence-electron chi connectivity index (χ1n) is 6.14. The van der Waals surface area contributed by atoms with Crippen molar-refractivity contribution in [2.45, 2.75) is 26.7 Å². The fourth-order valence-corrected chi connectivity index (χ4v) is 1.58. The second-order valence-electron chi connectivity index (χ2n) is 3.99. The van der Waals surface area contributed by atoms with E-state index in [0.717, 1.165) is 18.6 Å². The number of hydrogen-bond acceptors (Lipinski definition) is 3. The number of carbonyl (C=O) groups excluding carboxylic acids is 1. The van der Waals surface area contributed by atoms with E-state index in [-0.39, 0.29) is 5.97 Å². The highest BCUT2D eigenvalue weighted by Gasteiger charge is 2.03. The lowest BCUT2D eigenvalue weighted by Crippen LogP contribution is -2.05. The molecule has 0 N–H and O–H groups in total. The number of hydrogen-bond donors (Lipinski definition) is 0. The molecular formula is C15H20O3. The van der Waals surface area contributed by atoms with E-state index in [1.807, 2.05) is 37.3 Å². The molecule has 0 spiro atoms. The number of rotatable bonds is 6. The van der Waals surface area contributed by atoms with Crippen LogP contribution in [0.25, 0.3) is 0 Å². The predicted molar refractivity (Wildman–Crippen MR) is 71.7 cm³/mol. The number of carbonyl (C=O) groups is 1. The quantitative estimate of drug-likeness (QED) is 0.573. The number of methoxy groups -OCH3 is 1. The number of benzene rings is 1. The number of ether oxygens (including phenoxy) is 2. The number of esters is 1. The molecule has 0 aliphatic heterocycles. The standard InChI is InChI=1S/C15H20O3/c1-4-18-15(16)12(2)6-5-7-13-8-10-14(17-3)11-9-13/h6,8-11H,4-5,7H2,1-3H3/b12-6+. The summed E-state index contributed by atoms with van der Waals surface area (Å²) in [5.74, 6) is 0.629. The van der Waals surface area contributed by atoms with Crippen LogP contribution in [0.4, 0.5) is 0 Å². The van der Waals surface area contributed by atoms with E-state index in [9.17, 15) is 4.79 Å². The Labute approximate surface area is 108 Å². The molecule has 3 nitrogen and oxygen atoms in total. The molecule has 0 heterocycles. The molecule has 0 unspecified atom stereocenters. The van der Waals surface area contributed by atoms with Crippen molar-refractivity contribution in [3.05, 3.63) is 41.5 Å². The van der Waals surface area contributed by atoms with Crippen molar-refractivity contribution in [2.75, 3.05) is 13.7 Å². The van der Waals surface area contributed by atoms with E-state index >= 15 is 0 Å². The Morgan fingerprint density at radius 2 is 1.94 bits per heavy atom. The Balaban J connectivity index is 2.44. The van der Waals surface area contributed by atoms with Gasteiger partial charge in [0.2, 0.25) is 0 Å². The molecule has 0 aromatic heterocycles. The van der Waals surface area contributed by atoms with Gasteiger partial charge in [-0.3, -0.25) is 0 Å². The maximum Gasteiger partial charge on any atom is 0.333 e. The zero-order valence-electron chi connectivity index (χ0n) is 11.2. The Morgan fingerprint density at radius 3 is 2.50 bits per heavy atom. The van der Waals surface area contributed by atoms with Crippen molar-refractivity contribution in [2.24, 2.45) is 0 Å². The number of allylic oxidation sites excluding steroid dienone is 1. The Bertz CT molecular complexity index is 404. The molecule has 1 aromatic carbocycles. The molecule has 0 fully saturated rings. The van der Waals surface area contributed by atoms with E-state index in [4.69, 9.17) is 9.47 Å². The second kappa shape index (κ2) is 7.54. The highest BCUT2D eigenvalue weighted by molar-refractivity contribution is 5.87. The van der Waals surface area contributed by atoms with Crippen molar-refractivity contribution >= 4 is 5.97 Å². The summed E-state index contributed by atoms with van der Waals surface area (Å²) in [5.41, 5.74) is 1.90. The molecule has 1 aromatic rings. The average molecular weight is 248 g/mol. The van der Waals surface area contributed by atoms with Crippen LogP contribution in [0.1, 0.15) is 25.8 Å². The van der Waals surface area contributed by atoms with Crippen LogP contribution in [0.15, 0.2) is 35.9 Å². The Kier molecular flexibility index (Phi) is 5.98. The van der Waals surface area contributed by atoms with Crippen LogP contribution in [0, 0.1) is 0 Å². The van der Waals surface area contributed by atoms with E-state index in [1.54, 1.807) is 14.0 Å². The first-order valence-corrected chi connectivity index (χ1v) is 6.14. The molecule has 0 aliphatic rings. The van der Waals surface area contributed by atoms with Crippen LogP contribution in [0.3, 0.4) is 0 Å². The fourth-order valence-electron chi connectivity index (χ4n) is 1.58. The molecular weight excluding hydrogens is 228 g/mol. The lowest BCUT2D eigenvalue weighted by atomic mass is 10.1. The van der Waals surface area contributed by atoms with E-state index in [0.29, 0.717) is 12.2 Å². The monoisotopic (exact) mass is 248 g/mol. The lowest BCUT2D eigenvalue weighted by molar-refractivity contribution is -0.138. The van der Waals surface area contributed by atoms with Crippen molar-refractivity contribution in [3.8, 4) is 5.75 Å². The molecule has 0 aliphatic carbocycles. The molecule has 18 heavy (non-hydrogen) atoms. The smallest absolute Gasteiger partial charge is 0.333 e. The highest BCUT2D eigenvalue weighted by Crippen LogP contribution is 2.13. The largest absolute Gasteiger partial charge is 0.497 e. The first kappa shape index (κ1) is 14.3. The molecule has 0 radical (unpaired) electrons. The van der Waals surface area contributed by atoms with Crippen molar-refractivity contribution in [1.82, 2.24) is 0 Å². The van der Waals surface area contributed by atoms with Crippen LogP contribution in [-0.4, -0.2) is 19.7 Å². The van der Waals surface area contributed by atoms with E-state index in [2.05, 4.69) is 0 Å². The Morgan fingerprint density at radius 1 is 1.28 bits per heavy atom. The van der Waals surface area contributed by atoms with Gasteiger partial charge in [-0.05, 0) is 44.4 Å². The van der Waals surface area contributed by atoms with Crippen LogP contribution in [0.2, 0.25) is 0 Å². The van der Waals surface area contributed by atoms with E-state index < -0.39 is 0 Å². The normalized spacial score (nSPS) is 11.2. The maximum absolute atomic E-state index is 11.4. The van der Waals surface area contributed by atoms with Gasteiger partial charge >= 0.3 is 5.97 Å². The third-order valence-electron chi connectivity index (χ3n) is 2.64. The third-order valence-corrected chi connectivity index (χ3v) is 2.64. The van der Waals surface area contributed by atoms with Crippen molar-refractivity contribution in [3.63, 3.8) is 0 Å². The van der Waals surface area contributed by atoms with Gasteiger partial charge in [0.25, 0.3) is 0 Å². The zero-order valence-corrected chi connectivity index (χ0v) is 11.2. The predicted octanol–water partition coefficient (Wildman–Crippen LogP) is 3.14. The van der Waals surface area contributed by atoms with Crippen LogP contribution in [-0.2, 0) is 16.0 Å². The lowest BCUT2D eigenvalue weighted by Gasteiger charge is -2.03. The van der Waals surface area contributed by atoms with Crippen LogP contribution >= 0.6 is 0 Å². The summed E-state index contributed by atoms with van der Waals surface area (Å²) in [4.78, 5) is 11.4. The molecule has 0 saturated heterocycles. The molecule has 0 amide bonds. The molecule has 1 rings (SSSR count). The van der Waals surface area contributed by atoms with Gasteiger partial charge in [-0.25, -0.2) is 4.79 Å². The average Bonchev–Trinajstić information content (AvgIpc) is 2.39. The minimum Gasteiger partial charge on any atom is -0.497 e. The van der Waals surface area contributed by atoms with Crippen molar-refractivity contribution < 1.29 is 14.3 Å². The molecule has 0 bridgehead atoms. The molecule has 0 saturated carbocycles. The summed E-state index contributed by atoms with van der Waals surface area (Å²) < 4.78 is 10.0. The summed E-state index contributed by atoms with van der Waals surface area (Å²) in [6.45, 7) is 4.01. The summed E-state index contributed by atoms with van der Waals surface area (Å²) in [6.07, 6.45) is 3.65. The molecule has 98 valence electrons. The van der Waals surface area contributed by atoms with Gasteiger partial charge in [-0.15, -0.1) is 0 Å². The Hall–Kier alpha value is -1.77. The maximum atomic E-state index is 11.4. The van der Waals surface area contributed by atoms with Crippen molar-refractivity contribution in [1.29, 1.82) is 0 Å². The molecule has 0 atom stereocenters. The first-order chi connectivity index (χ1) is 8.67. The second-order valence-corrected chi connectivity index (χ2v) is 3.99. The van der Waals surface area contributed by atoms with E-state index in [1.165, 1.54) is 5.56 Å². The minimum atomic E-state index is -0.229. The summed E-state index contributed by atoms with van der Waals surface area (Å²) in [5, 5.41) is 0. The van der Waals surface area contributed by atoms with Gasteiger partial charge < -0.3 is 9.47 Å². The van der Waals surface area contributed by atoms with Gasteiger partial charge in [-0.1, -0.05) is 18.2 Å². The highest BCUT2D eigenvalue weighted by atomic mass is 16.5. The van der Waals surface area contributed by atoms with Crippen LogP contribution < -0.4 is 4.74 Å². The summed E-state index contributed by atoms with van der Waals surface area (Å²) in [6, 6.07) is 7.95. The van der Waals surface area contributed by atoms with Gasteiger partial charge in [0.15, 0.2) is 0 Å². The third kappa shape index (κ3) is 4.62. The van der Waals surface area contributed by atoms with Gasteiger partial charge in [0.1, 0.15) is 5.75 Å².